The molecule has 21 heavy (non-hydrogen) atoms. The number of rotatable bonds is 4. The Morgan fingerprint density at radius 3 is 2.81 bits per heavy atom. The standard InChI is InChI=1S/C15H20N2O3S/c1-10-4-3-5-11(8-10)16-15(18)13-9-12(21-2)6-7-14(13)17(19)20/h6-7,9-11H,3-5,8H2,1-2H3,(H,16,18). The van der Waals surface area contributed by atoms with E-state index in [1.807, 2.05) is 6.26 Å². The van der Waals surface area contributed by atoms with E-state index in [2.05, 4.69) is 12.2 Å². The number of nitro benzene ring substituents is 1. The lowest BCUT2D eigenvalue weighted by atomic mass is 9.87. The molecule has 0 aromatic heterocycles. The largest absolute Gasteiger partial charge is 0.349 e. The van der Waals surface area contributed by atoms with Crippen molar-refractivity contribution >= 4 is 23.4 Å². The van der Waals surface area contributed by atoms with E-state index in [0.29, 0.717) is 5.92 Å². The molecule has 2 rings (SSSR count). The Morgan fingerprint density at radius 1 is 1.43 bits per heavy atom. The highest BCUT2D eigenvalue weighted by Crippen LogP contribution is 2.27. The first-order chi connectivity index (χ1) is 10.0. The quantitative estimate of drug-likeness (QED) is 0.524. The van der Waals surface area contributed by atoms with Crippen LogP contribution in [0.2, 0.25) is 0 Å². The molecule has 2 unspecified atom stereocenters. The first-order valence-electron chi connectivity index (χ1n) is 7.14. The minimum atomic E-state index is -0.498. The normalized spacial score (nSPS) is 21.8. The molecule has 0 radical (unpaired) electrons. The molecule has 6 heteroatoms. The molecular formula is C15H20N2O3S. The summed E-state index contributed by atoms with van der Waals surface area (Å²) in [6.45, 7) is 2.18. The average molecular weight is 308 g/mol. The van der Waals surface area contributed by atoms with Gasteiger partial charge in [0.1, 0.15) is 5.56 Å². The summed E-state index contributed by atoms with van der Waals surface area (Å²) < 4.78 is 0. The average Bonchev–Trinajstić information content (AvgIpc) is 2.46. The number of benzene rings is 1. The van der Waals surface area contributed by atoms with Gasteiger partial charge in [-0.05, 0) is 37.1 Å². The Hall–Kier alpha value is -1.56. The second kappa shape index (κ2) is 6.93. The van der Waals surface area contributed by atoms with Gasteiger partial charge in [-0.15, -0.1) is 11.8 Å². The van der Waals surface area contributed by atoms with Crippen molar-refractivity contribution in [2.24, 2.45) is 5.92 Å². The molecule has 2 atom stereocenters. The van der Waals surface area contributed by atoms with E-state index in [4.69, 9.17) is 0 Å². The predicted molar refractivity (Wildman–Crippen MR) is 83.8 cm³/mol. The molecule has 0 bridgehead atoms. The van der Waals surface area contributed by atoms with Crippen molar-refractivity contribution in [2.45, 2.75) is 43.5 Å². The zero-order valence-corrected chi connectivity index (χ0v) is 13.1. The minimum absolute atomic E-state index is 0.124. The summed E-state index contributed by atoms with van der Waals surface area (Å²) in [5, 5.41) is 14.0. The van der Waals surface area contributed by atoms with Gasteiger partial charge in [0.15, 0.2) is 0 Å². The first kappa shape index (κ1) is 15.8. The summed E-state index contributed by atoms with van der Waals surface area (Å²) >= 11 is 1.46. The number of hydrogen-bond donors (Lipinski definition) is 1. The van der Waals surface area contributed by atoms with Gasteiger partial charge in [-0.1, -0.05) is 19.8 Å². The van der Waals surface area contributed by atoms with E-state index in [1.165, 1.54) is 24.2 Å². The van der Waals surface area contributed by atoms with E-state index in [-0.39, 0.29) is 23.2 Å². The molecular weight excluding hydrogens is 288 g/mol. The van der Waals surface area contributed by atoms with Crippen molar-refractivity contribution < 1.29 is 9.72 Å². The maximum absolute atomic E-state index is 12.4. The van der Waals surface area contributed by atoms with Crippen LogP contribution in [0, 0.1) is 16.0 Å². The van der Waals surface area contributed by atoms with Crippen molar-refractivity contribution in [3.8, 4) is 0 Å². The Morgan fingerprint density at radius 2 is 2.19 bits per heavy atom. The summed E-state index contributed by atoms with van der Waals surface area (Å²) in [5.74, 6) is 0.258. The maximum Gasteiger partial charge on any atom is 0.282 e. The van der Waals surface area contributed by atoms with Gasteiger partial charge in [-0.2, -0.15) is 0 Å². The first-order valence-corrected chi connectivity index (χ1v) is 8.37. The molecule has 0 heterocycles. The van der Waals surface area contributed by atoms with Crippen LogP contribution in [0.15, 0.2) is 23.1 Å². The van der Waals surface area contributed by atoms with Crippen LogP contribution < -0.4 is 5.32 Å². The Bertz CT molecular complexity index is 548. The molecule has 1 fully saturated rings. The van der Waals surface area contributed by atoms with Crippen molar-refractivity contribution in [1.82, 2.24) is 5.32 Å². The fraction of sp³-hybridized carbons (Fsp3) is 0.533. The highest BCUT2D eigenvalue weighted by atomic mass is 32.2. The van der Waals surface area contributed by atoms with Crippen molar-refractivity contribution in [1.29, 1.82) is 0 Å². The van der Waals surface area contributed by atoms with E-state index in [1.54, 1.807) is 12.1 Å². The number of amides is 1. The zero-order valence-electron chi connectivity index (χ0n) is 12.3. The molecule has 1 aromatic rings. The third-order valence-corrected chi connectivity index (χ3v) is 4.64. The lowest BCUT2D eigenvalue weighted by molar-refractivity contribution is -0.385. The van der Waals surface area contributed by atoms with Crippen molar-refractivity contribution in [3.63, 3.8) is 0 Å². The van der Waals surface area contributed by atoms with Crippen molar-refractivity contribution in [3.05, 3.63) is 33.9 Å². The van der Waals surface area contributed by atoms with Gasteiger partial charge in [0.05, 0.1) is 4.92 Å². The number of thioether (sulfide) groups is 1. The predicted octanol–water partition coefficient (Wildman–Crippen LogP) is 3.63. The van der Waals surface area contributed by atoms with Crippen LogP contribution in [0.4, 0.5) is 5.69 Å². The van der Waals surface area contributed by atoms with Crippen molar-refractivity contribution in [2.75, 3.05) is 6.26 Å². The molecule has 0 aliphatic heterocycles. The van der Waals surface area contributed by atoms with E-state index >= 15 is 0 Å². The molecule has 1 aromatic carbocycles. The van der Waals surface area contributed by atoms with E-state index in [0.717, 1.165) is 24.2 Å². The van der Waals surface area contributed by atoms with Gasteiger partial charge in [0.2, 0.25) is 0 Å². The van der Waals surface area contributed by atoms with Gasteiger partial charge in [0, 0.05) is 17.0 Å². The Labute approximate surface area is 128 Å². The highest BCUT2D eigenvalue weighted by molar-refractivity contribution is 7.98. The van der Waals surface area contributed by atoms with E-state index < -0.39 is 4.92 Å². The smallest absolute Gasteiger partial charge is 0.282 e. The van der Waals surface area contributed by atoms with Crippen LogP contribution in [0.3, 0.4) is 0 Å². The van der Waals surface area contributed by atoms with Crippen LogP contribution in [0.5, 0.6) is 0 Å². The number of nitrogens with zero attached hydrogens (tertiary/aromatic N) is 1. The molecule has 0 saturated heterocycles. The lowest BCUT2D eigenvalue weighted by Crippen LogP contribution is -2.38. The molecule has 1 saturated carbocycles. The number of nitrogens with one attached hydrogen (secondary N) is 1. The third-order valence-electron chi connectivity index (χ3n) is 3.92. The second-order valence-corrected chi connectivity index (χ2v) is 6.46. The summed E-state index contributed by atoms with van der Waals surface area (Å²) in [4.78, 5) is 23.8. The van der Waals surface area contributed by atoms with Crippen LogP contribution >= 0.6 is 11.8 Å². The van der Waals surface area contributed by atoms with Crippen LogP contribution in [0.25, 0.3) is 0 Å². The third kappa shape index (κ3) is 3.97. The lowest BCUT2D eigenvalue weighted by Gasteiger charge is -2.27. The number of hydrogen-bond acceptors (Lipinski definition) is 4. The Kier molecular flexibility index (Phi) is 5.22. The van der Waals surface area contributed by atoms with Gasteiger partial charge in [0.25, 0.3) is 11.6 Å². The summed E-state index contributed by atoms with van der Waals surface area (Å²) in [6, 6.07) is 4.80. The van der Waals surface area contributed by atoms with Gasteiger partial charge < -0.3 is 5.32 Å². The molecule has 1 aliphatic rings. The maximum atomic E-state index is 12.4. The SMILES string of the molecule is CSc1ccc([N+](=O)[O-])c(C(=O)NC2CCCC(C)C2)c1. The van der Waals surface area contributed by atoms with Gasteiger partial charge >= 0.3 is 0 Å². The van der Waals surface area contributed by atoms with Gasteiger partial charge in [-0.3, -0.25) is 14.9 Å². The Balaban J connectivity index is 2.19. The molecule has 0 spiro atoms. The zero-order chi connectivity index (χ0) is 15.4. The monoisotopic (exact) mass is 308 g/mol. The fourth-order valence-corrected chi connectivity index (χ4v) is 3.25. The molecule has 1 amide bonds. The number of carbonyl (C=O) groups excluding carboxylic acids is 1. The van der Waals surface area contributed by atoms with Gasteiger partial charge in [-0.25, -0.2) is 0 Å². The van der Waals surface area contributed by atoms with Crippen LogP contribution in [-0.2, 0) is 0 Å². The number of nitro groups is 1. The molecule has 1 aliphatic carbocycles. The summed E-state index contributed by atoms with van der Waals surface area (Å²) in [7, 11) is 0. The van der Waals surface area contributed by atoms with Crippen LogP contribution in [-0.4, -0.2) is 23.1 Å². The van der Waals surface area contributed by atoms with Crippen LogP contribution in [0.1, 0.15) is 43.0 Å². The molecule has 1 N–H and O–H groups in total. The summed E-state index contributed by atoms with van der Waals surface area (Å²) in [5.41, 5.74) is 0.0271. The second-order valence-electron chi connectivity index (χ2n) is 5.58. The topological polar surface area (TPSA) is 72.2 Å². The fourth-order valence-electron chi connectivity index (χ4n) is 2.81. The molecule has 114 valence electrons. The minimum Gasteiger partial charge on any atom is -0.349 e. The highest BCUT2D eigenvalue weighted by Gasteiger charge is 2.25. The summed E-state index contributed by atoms with van der Waals surface area (Å²) in [6.07, 6.45) is 6.06. The number of carbonyl (C=O) groups is 1. The van der Waals surface area contributed by atoms with E-state index in [9.17, 15) is 14.9 Å². The molecule has 5 nitrogen and oxygen atoms in total.